The van der Waals surface area contributed by atoms with Gasteiger partial charge in [0, 0.05) is 10.0 Å². The number of Topliss-reactive ketones (excluding diaryl/α,β-unsaturated/α-hetero) is 1. The van der Waals surface area contributed by atoms with E-state index in [-0.39, 0.29) is 5.56 Å². The van der Waals surface area contributed by atoms with E-state index in [0.29, 0.717) is 5.56 Å². The molecule has 0 heterocycles. The summed E-state index contributed by atoms with van der Waals surface area (Å²) in [5.74, 6) is -0.719. The van der Waals surface area contributed by atoms with Gasteiger partial charge in [-0.2, -0.15) is 0 Å². The highest BCUT2D eigenvalue weighted by Gasteiger charge is 2.28. The van der Waals surface area contributed by atoms with Gasteiger partial charge >= 0.3 is 0 Å². The lowest BCUT2D eigenvalue weighted by Gasteiger charge is -2.15. The van der Waals surface area contributed by atoms with Gasteiger partial charge in [0.25, 0.3) is 0 Å². The van der Waals surface area contributed by atoms with Gasteiger partial charge in [-0.25, -0.2) is 4.39 Å². The third-order valence-electron chi connectivity index (χ3n) is 2.80. The van der Waals surface area contributed by atoms with Gasteiger partial charge in [0.05, 0.1) is 0 Å². The summed E-state index contributed by atoms with van der Waals surface area (Å²) in [6.45, 7) is 0. The molecule has 2 aromatic rings. The van der Waals surface area contributed by atoms with Crippen LogP contribution in [-0.2, 0) is 0 Å². The van der Waals surface area contributed by atoms with Crippen molar-refractivity contribution >= 4 is 21.7 Å². The van der Waals surface area contributed by atoms with Crippen molar-refractivity contribution in [3.63, 3.8) is 0 Å². The maximum atomic E-state index is 14.1. The molecule has 0 fully saturated rings. The molecule has 0 aliphatic rings. The Labute approximate surface area is 119 Å². The number of aliphatic hydroxyl groups is 1. The molecule has 0 bridgehead atoms. The number of carbonyl (C=O) groups is 1. The molecule has 0 aromatic heterocycles. The second-order valence-electron chi connectivity index (χ2n) is 4.13. The van der Waals surface area contributed by atoms with Gasteiger partial charge in [-0.05, 0) is 17.7 Å². The maximum Gasteiger partial charge on any atom is 0.199 e. The monoisotopic (exact) mass is 322 g/mol. The predicted octanol–water partition coefficient (Wildman–Crippen LogP) is 3.70. The lowest BCUT2D eigenvalue weighted by molar-refractivity contribution is 0.0549. The fourth-order valence-corrected chi connectivity index (χ4v) is 2.00. The molecular weight excluding hydrogens is 311 g/mol. The van der Waals surface area contributed by atoms with Crippen molar-refractivity contribution < 1.29 is 14.3 Å². The van der Waals surface area contributed by atoms with Gasteiger partial charge < -0.3 is 5.11 Å². The minimum Gasteiger partial charge on any atom is -0.385 e. The number of carbonyl (C=O) groups excluding carboxylic acids is 1. The van der Waals surface area contributed by atoms with Gasteiger partial charge in [-0.1, -0.05) is 58.4 Å². The maximum absolute atomic E-state index is 14.1. The summed E-state index contributed by atoms with van der Waals surface area (Å²) in [6, 6.07) is 14.7. The summed E-state index contributed by atoms with van der Waals surface area (Å²) in [6.07, 6.45) is -3.42. The van der Waals surface area contributed by atoms with Crippen LogP contribution in [0.3, 0.4) is 0 Å². The third-order valence-corrected chi connectivity index (χ3v) is 3.33. The van der Waals surface area contributed by atoms with Crippen molar-refractivity contribution in [2.45, 2.75) is 12.3 Å². The molecule has 1 N–H and O–H groups in total. The van der Waals surface area contributed by atoms with E-state index in [9.17, 15) is 14.3 Å². The summed E-state index contributed by atoms with van der Waals surface area (Å²) in [4.78, 5) is 11.9. The van der Waals surface area contributed by atoms with Gasteiger partial charge in [-0.3, -0.25) is 4.79 Å². The molecule has 2 unspecified atom stereocenters. The molecule has 2 rings (SSSR count). The molecule has 98 valence electrons. The Kier molecular flexibility index (Phi) is 4.45. The number of rotatable bonds is 4. The molecule has 2 atom stereocenters. The van der Waals surface area contributed by atoms with Gasteiger partial charge in [-0.15, -0.1) is 0 Å². The van der Waals surface area contributed by atoms with E-state index in [4.69, 9.17) is 0 Å². The lowest BCUT2D eigenvalue weighted by Crippen LogP contribution is -2.24. The summed E-state index contributed by atoms with van der Waals surface area (Å²) in [5.41, 5.74) is 0.631. The van der Waals surface area contributed by atoms with Crippen molar-refractivity contribution in [2.24, 2.45) is 0 Å². The van der Waals surface area contributed by atoms with Gasteiger partial charge in [0.15, 0.2) is 12.0 Å². The van der Waals surface area contributed by atoms with E-state index in [0.717, 1.165) is 4.47 Å². The van der Waals surface area contributed by atoms with E-state index in [2.05, 4.69) is 15.9 Å². The van der Waals surface area contributed by atoms with E-state index in [1.807, 2.05) is 0 Å². The molecule has 19 heavy (non-hydrogen) atoms. The zero-order chi connectivity index (χ0) is 13.8. The van der Waals surface area contributed by atoms with E-state index in [1.165, 1.54) is 12.1 Å². The summed E-state index contributed by atoms with van der Waals surface area (Å²) in [5, 5.41) is 9.87. The van der Waals surface area contributed by atoms with E-state index >= 15 is 0 Å². The molecule has 0 saturated heterocycles. The summed E-state index contributed by atoms with van der Waals surface area (Å²) in [7, 11) is 0. The number of ketones is 1. The van der Waals surface area contributed by atoms with Crippen LogP contribution >= 0.6 is 15.9 Å². The first-order chi connectivity index (χ1) is 9.09. The Morgan fingerprint density at radius 1 is 1.05 bits per heavy atom. The number of benzene rings is 2. The van der Waals surface area contributed by atoms with Crippen LogP contribution in [0.25, 0.3) is 0 Å². The second kappa shape index (κ2) is 6.08. The summed E-state index contributed by atoms with van der Waals surface area (Å²) < 4.78 is 14.9. The molecule has 0 spiro atoms. The molecule has 2 aromatic carbocycles. The first kappa shape index (κ1) is 13.9. The first-order valence-corrected chi connectivity index (χ1v) is 6.56. The largest absolute Gasteiger partial charge is 0.385 e. The van der Waals surface area contributed by atoms with Crippen molar-refractivity contribution in [2.75, 3.05) is 0 Å². The summed E-state index contributed by atoms with van der Waals surface area (Å²) >= 11 is 3.24. The molecular formula is C15H12BrFO2. The van der Waals surface area contributed by atoms with Crippen LogP contribution in [0.1, 0.15) is 22.0 Å². The van der Waals surface area contributed by atoms with Crippen LogP contribution in [0, 0.1) is 0 Å². The highest BCUT2D eigenvalue weighted by Crippen LogP contribution is 2.23. The standard InChI is InChI=1S/C15H12BrFO2/c16-12-8-6-11(7-9-12)15(19)13(17)14(18)10-4-2-1-3-5-10/h1-9,13-14,18H. The Balaban J connectivity index is 2.17. The van der Waals surface area contributed by atoms with Crippen molar-refractivity contribution in [1.29, 1.82) is 0 Å². The molecule has 0 amide bonds. The van der Waals surface area contributed by atoms with Gasteiger partial charge in [0.2, 0.25) is 0 Å². The zero-order valence-corrected chi connectivity index (χ0v) is 11.5. The topological polar surface area (TPSA) is 37.3 Å². The molecule has 0 saturated carbocycles. The van der Waals surface area contributed by atoms with Crippen molar-refractivity contribution in [3.05, 3.63) is 70.2 Å². The average Bonchev–Trinajstić information content (AvgIpc) is 2.46. The number of halogens is 2. The van der Waals surface area contributed by atoms with Crippen molar-refractivity contribution in [3.8, 4) is 0 Å². The first-order valence-electron chi connectivity index (χ1n) is 5.76. The molecule has 2 nitrogen and oxygen atoms in total. The molecule has 0 radical (unpaired) electrons. The van der Waals surface area contributed by atoms with Crippen LogP contribution in [0.2, 0.25) is 0 Å². The normalized spacial score (nSPS) is 13.8. The molecule has 0 aliphatic carbocycles. The number of aliphatic hydroxyl groups excluding tert-OH is 1. The van der Waals surface area contributed by atoms with Crippen LogP contribution in [-0.4, -0.2) is 17.1 Å². The quantitative estimate of drug-likeness (QED) is 0.871. The highest BCUT2D eigenvalue weighted by atomic mass is 79.9. The lowest BCUT2D eigenvalue weighted by atomic mass is 9.98. The van der Waals surface area contributed by atoms with Crippen LogP contribution in [0.5, 0.6) is 0 Å². The molecule has 4 heteroatoms. The Hall–Kier alpha value is -1.52. The minimum atomic E-state index is -1.97. The Morgan fingerprint density at radius 3 is 2.21 bits per heavy atom. The Bertz CT molecular complexity index is 554. The SMILES string of the molecule is O=C(c1ccc(Br)cc1)C(F)C(O)c1ccccc1. The number of alkyl halides is 1. The average molecular weight is 323 g/mol. The third kappa shape index (κ3) is 3.28. The predicted molar refractivity (Wildman–Crippen MR) is 74.8 cm³/mol. The fourth-order valence-electron chi connectivity index (χ4n) is 1.74. The van der Waals surface area contributed by atoms with Crippen molar-refractivity contribution in [1.82, 2.24) is 0 Å². The second-order valence-corrected chi connectivity index (χ2v) is 5.04. The zero-order valence-electron chi connectivity index (χ0n) is 9.96. The number of hydrogen-bond acceptors (Lipinski definition) is 2. The Morgan fingerprint density at radius 2 is 1.63 bits per heavy atom. The van der Waals surface area contributed by atoms with Crippen LogP contribution in [0.4, 0.5) is 4.39 Å². The van der Waals surface area contributed by atoms with E-state index < -0.39 is 18.1 Å². The van der Waals surface area contributed by atoms with E-state index in [1.54, 1.807) is 42.5 Å². The minimum absolute atomic E-state index is 0.241. The fraction of sp³-hybridized carbons (Fsp3) is 0.133. The van der Waals surface area contributed by atoms with Crippen LogP contribution in [0.15, 0.2) is 59.1 Å². The number of hydrogen-bond donors (Lipinski definition) is 1. The smallest absolute Gasteiger partial charge is 0.199 e. The molecule has 0 aliphatic heterocycles. The van der Waals surface area contributed by atoms with Gasteiger partial charge in [0.1, 0.15) is 6.10 Å². The van der Waals surface area contributed by atoms with Crippen LogP contribution < -0.4 is 0 Å². The highest BCUT2D eigenvalue weighted by molar-refractivity contribution is 9.10.